The van der Waals surface area contributed by atoms with E-state index in [2.05, 4.69) is 25.6 Å². The molecule has 0 aliphatic carbocycles. The number of nitrogens with zero attached hydrogens (tertiary/aromatic N) is 4. The standard InChI is InChI=1S/C36H40Cl2N6O4/c1-21(2)16-23(45)17-39-18-31-36(48-4)44-30(20-41-31)27-12-7-10-25(34(27)38)24-9-6-11-26(33(24)37)29-19-40-28(35(43-29)47-3)13-5-8-22-14-15-32(46)42-22/h6-7,9-12,19-22,39H,5,8,13-18H2,1-4H3,(H,42,46)/t22-/m1/s1. The van der Waals surface area contributed by atoms with Gasteiger partial charge in [-0.3, -0.25) is 19.6 Å². The Bertz CT molecular complexity index is 1780. The molecule has 3 heterocycles. The Morgan fingerprint density at radius 1 is 0.917 bits per heavy atom. The molecule has 5 rings (SSSR count). The molecule has 0 saturated carbocycles. The van der Waals surface area contributed by atoms with Crippen LogP contribution in [0.15, 0.2) is 48.8 Å². The molecular formula is C36H40Cl2N6O4. The van der Waals surface area contributed by atoms with Crippen molar-refractivity contribution in [3.05, 3.63) is 70.2 Å². The van der Waals surface area contributed by atoms with Crippen LogP contribution in [0.1, 0.15) is 57.3 Å². The number of aromatic nitrogens is 4. The maximum atomic E-state index is 12.1. The summed E-state index contributed by atoms with van der Waals surface area (Å²) in [6.45, 7) is 4.63. The molecule has 2 aromatic carbocycles. The predicted octanol–water partition coefficient (Wildman–Crippen LogP) is 6.90. The van der Waals surface area contributed by atoms with E-state index in [1.807, 2.05) is 50.2 Å². The van der Waals surface area contributed by atoms with Gasteiger partial charge in [0.1, 0.15) is 17.2 Å². The molecule has 1 amide bonds. The van der Waals surface area contributed by atoms with Crippen molar-refractivity contribution in [2.45, 2.75) is 65.0 Å². The molecule has 0 spiro atoms. The van der Waals surface area contributed by atoms with Gasteiger partial charge < -0.3 is 20.1 Å². The van der Waals surface area contributed by atoms with Gasteiger partial charge in [-0.2, -0.15) is 0 Å². The fourth-order valence-corrected chi connectivity index (χ4v) is 6.46. The van der Waals surface area contributed by atoms with Crippen LogP contribution in [-0.4, -0.2) is 58.4 Å². The fraction of sp³-hybridized carbons (Fsp3) is 0.389. The Hall–Kier alpha value is -4.12. The van der Waals surface area contributed by atoms with E-state index in [1.165, 1.54) is 7.11 Å². The number of hydrogen-bond donors (Lipinski definition) is 2. The fourth-order valence-electron chi connectivity index (χ4n) is 5.81. The minimum Gasteiger partial charge on any atom is -0.480 e. The number of rotatable bonds is 15. The molecule has 10 nitrogen and oxygen atoms in total. The lowest BCUT2D eigenvalue weighted by molar-refractivity contribution is -0.120. The van der Waals surface area contributed by atoms with Gasteiger partial charge in [0.15, 0.2) is 0 Å². The molecule has 0 unspecified atom stereocenters. The van der Waals surface area contributed by atoms with Gasteiger partial charge in [0, 0.05) is 47.7 Å². The highest BCUT2D eigenvalue weighted by Gasteiger charge is 2.22. The third kappa shape index (κ3) is 8.47. The first-order valence-corrected chi connectivity index (χ1v) is 16.8. The lowest BCUT2D eigenvalue weighted by Crippen LogP contribution is -2.25. The van der Waals surface area contributed by atoms with Gasteiger partial charge in [-0.05, 0) is 31.6 Å². The monoisotopic (exact) mass is 690 g/mol. The SMILES string of the molecule is COc1nc(-c2cccc(-c3cccc(-c4cnc(CNCC(=O)CC(C)C)c(OC)n4)c3Cl)c2Cl)cnc1CCC[C@@H]1CCC(=O)N1. The summed E-state index contributed by atoms with van der Waals surface area (Å²) in [6, 6.07) is 11.6. The van der Waals surface area contributed by atoms with Gasteiger partial charge in [0.05, 0.1) is 54.6 Å². The van der Waals surface area contributed by atoms with Crippen molar-refractivity contribution in [3.8, 4) is 45.4 Å². The average molecular weight is 692 g/mol. The van der Waals surface area contributed by atoms with Crippen LogP contribution in [0.25, 0.3) is 33.6 Å². The zero-order valence-corrected chi connectivity index (χ0v) is 29.1. The normalized spacial score (nSPS) is 14.3. The largest absolute Gasteiger partial charge is 0.480 e. The number of carbonyl (C=O) groups excluding carboxylic acids is 2. The number of hydrogen-bond acceptors (Lipinski definition) is 9. The third-order valence-corrected chi connectivity index (χ3v) is 8.97. The first kappa shape index (κ1) is 35.2. The van der Waals surface area contributed by atoms with Gasteiger partial charge in [-0.15, -0.1) is 0 Å². The van der Waals surface area contributed by atoms with Crippen molar-refractivity contribution in [2.75, 3.05) is 20.8 Å². The number of benzene rings is 2. The van der Waals surface area contributed by atoms with Crippen molar-refractivity contribution in [3.63, 3.8) is 0 Å². The maximum Gasteiger partial charge on any atom is 0.237 e. The number of carbonyl (C=O) groups is 2. The molecule has 4 aromatic rings. The summed E-state index contributed by atoms with van der Waals surface area (Å²) in [5.74, 6) is 1.36. The number of aryl methyl sites for hydroxylation is 1. The lowest BCUT2D eigenvalue weighted by Gasteiger charge is -2.15. The van der Waals surface area contributed by atoms with Gasteiger partial charge in [0.25, 0.3) is 0 Å². The van der Waals surface area contributed by atoms with Crippen LogP contribution >= 0.6 is 23.2 Å². The van der Waals surface area contributed by atoms with Gasteiger partial charge in [-0.1, -0.05) is 73.4 Å². The minimum atomic E-state index is 0.119. The topological polar surface area (TPSA) is 128 Å². The number of ether oxygens (including phenoxy) is 2. The molecule has 2 N–H and O–H groups in total. The van der Waals surface area contributed by atoms with E-state index in [-0.39, 0.29) is 24.3 Å². The maximum absolute atomic E-state index is 12.1. The second-order valence-corrected chi connectivity index (χ2v) is 12.9. The summed E-state index contributed by atoms with van der Waals surface area (Å²) in [6.07, 6.45) is 7.76. The number of methoxy groups -OCH3 is 2. The van der Waals surface area contributed by atoms with Crippen molar-refractivity contribution >= 4 is 34.9 Å². The Labute approximate surface area is 291 Å². The summed E-state index contributed by atoms with van der Waals surface area (Å²) >= 11 is 14.1. The van der Waals surface area contributed by atoms with Crippen LogP contribution in [-0.2, 0) is 22.6 Å². The zero-order chi connectivity index (χ0) is 34.2. The summed E-state index contributed by atoms with van der Waals surface area (Å²) in [4.78, 5) is 42.3. The average Bonchev–Trinajstić information content (AvgIpc) is 3.49. The number of ketones is 1. The second kappa shape index (κ2) is 16.3. The zero-order valence-electron chi connectivity index (χ0n) is 27.6. The Balaban J connectivity index is 1.35. The van der Waals surface area contributed by atoms with E-state index in [0.29, 0.717) is 87.3 Å². The Kier molecular flexibility index (Phi) is 12.0. The molecule has 1 aliphatic rings. The smallest absolute Gasteiger partial charge is 0.237 e. The first-order chi connectivity index (χ1) is 23.2. The number of amides is 1. The summed E-state index contributed by atoms with van der Waals surface area (Å²) < 4.78 is 11.2. The molecule has 0 bridgehead atoms. The molecule has 0 radical (unpaired) electrons. The van der Waals surface area contributed by atoms with Crippen molar-refractivity contribution < 1.29 is 19.1 Å². The van der Waals surface area contributed by atoms with Crippen molar-refractivity contribution in [1.29, 1.82) is 0 Å². The summed E-state index contributed by atoms with van der Waals surface area (Å²) in [7, 11) is 3.11. The van der Waals surface area contributed by atoms with Crippen LogP contribution < -0.4 is 20.1 Å². The molecule has 1 atom stereocenters. The van der Waals surface area contributed by atoms with Crippen LogP contribution in [0.2, 0.25) is 10.0 Å². The van der Waals surface area contributed by atoms with Crippen molar-refractivity contribution in [1.82, 2.24) is 30.6 Å². The van der Waals surface area contributed by atoms with Gasteiger partial charge in [-0.25, -0.2) is 9.97 Å². The minimum absolute atomic E-state index is 0.119. The molecule has 48 heavy (non-hydrogen) atoms. The summed E-state index contributed by atoms with van der Waals surface area (Å²) in [5.41, 5.74) is 5.24. The predicted molar refractivity (Wildman–Crippen MR) is 187 cm³/mol. The number of Topliss-reactive ketones (excluding diaryl/α,β-unsaturated/α-hetero) is 1. The highest BCUT2D eigenvalue weighted by Crippen LogP contribution is 2.42. The van der Waals surface area contributed by atoms with E-state index < -0.39 is 0 Å². The molecule has 2 aromatic heterocycles. The molecule has 1 aliphatic heterocycles. The highest BCUT2D eigenvalue weighted by atomic mass is 35.5. The van der Waals surface area contributed by atoms with Crippen LogP contribution in [0.5, 0.6) is 11.8 Å². The first-order valence-electron chi connectivity index (χ1n) is 16.1. The Morgan fingerprint density at radius 3 is 2.02 bits per heavy atom. The van der Waals surface area contributed by atoms with Crippen LogP contribution in [0.4, 0.5) is 0 Å². The van der Waals surface area contributed by atoms with Gasteiger partial charge in [0.2, 0.25) is 17.7 Å². The van der Waals surface area contributed by atoms with Gasteiger partial charge >= 0.3 is 0 Å². The molecule has 1 fully saturated rings. The second-order valence-electron chi connectivity index (χ2n) is 12.2. The third-order valence-electron chi connectivity index (χ3n) is 8.15. The van der Waals surface area contributed by atoms with Crippen LogP contribution in [0.3, 0.4) is 0 Å². The Morgan fingerprint density at radius 2 is 1.48 bits per heavy atom. The van der Waals surface area contributed by atoms with Crippen molar-refractivity contribution in [2.24, 2.45) is 5.92 Å². The molecule has 252 valence electrons. The van der Waals surface area contributed by atoms with E-state index >= 15 is 0 Å². The molecule has 12 heteroatoms. The highest BCUT2D eigenvalue weighted by molar-refractivity contribution is 6.39. The summed E-state index contributed by atoms with van der Waals surface area (Å²) in [5, 5.41) is 7.07. The van der Waals surface area contributed by atoms with E-state index in [4.69, 9.17) is 37.7 Å². The van der Waals surface area contributed by atoms with E-state index in [1.54, 1.807) is 19.5 Å². The van der Waals surface area contributed by atoms with E-state index in [9.17, 15) is 9.59 Å². The number of halogens is 2. The molecule has 1 saturated heterocycles. The van der Waals surface area contributed by atoms with E-state index in [0.717, 1.165) is 30.5 Å². The lowest BCUT2D eigenvalue weighted by atomic mass is 9.98. The number of nitrogens with one attached hydrogen (secondary N) is 2. The quantitative estimate of drug-likeness (QED) is 0.137. The van der Waals surface area contributed by atoms with Crippen LogP contribution in [0, 0.1) is 5.92 Å². The molecular weight excluding hydrogens is 651 g/mol.